The third-order valence-corrected chi connectivity index (χ3v) is 3.86. The number of hydrogen-bond acceptors (Lipinski definition) is 2. The van der Waals surface area contributed by atoms with E-state index in [-0.39, 0.29) is 18.3 Å². The van der Waals surface area contributed by atoms with E-state index in [1.165, 1.54) is 23.8 Å². The Labute approximate surface area is 123 Å². The van der Waals surface area contributed by atoms with Crippen LogP contribution in [-0.4, -0.2) is 5.78 Å². The molecule has 108 valence electrons. The Bertz CT molecular complexity index is 674. The van der Waals surface area contributed by atoms with Gasteiger partial charge in [0.25, 0.3) is 0 Å². The second-order valence-corrected chi connectivity index (χ2v) is 5.70. The maximum Gasteiger partial charge on any atom is 0.170 e. The van der Waals surface area contributed by atoms with E-state index in [2.05, 4.69) is 26.0 Å². The minimum Gasteiger partial charge on any atom is -0.484 e. The van der Waals surface area contributed by atoms with Crippen molar-refractivity contribution >= 4 is 5.78 Å². The standard InChI is InChI=1S/C18H17FO2/c1-11(2)12-3-5-13(6-4-12)18-10-16(20)15-9-14(19)7-8-17(15)21-18/h3-9,11,18H,10H2,1-2H3. The fourth-order valence-corrected chi connectivity index (χ4v) is 2.58. The first kappa shape index (κ1) is 13.8. The molecule has 3 heteroatoms. The summed E-state index contributed by atoms with van der Waals surface area (Å²) in [5.74, 6) is 0.446. The number of carbonyl (C=O) groups is 1. The van der Waals surface area contributed by atoms with Crippen molar-refractivity contribution in [2.75, 3.05) is 0 Å². The van der Waals surface area contributed by atoms with E-state index < -0.39 is 5.82 Å². The zero-order valence-corrected chi connectivity index (χ0v) is 12.1. The number of carbonyl (C=O) groups excluding carboxylic acids is 1. The van der Waals surface area contributed by atoms with Gasteiger partial charge in [0, 0.05) is 0 Å². The van der Waals surface area contributed by atoms with Gasteiger partial charge in [-0.1, -0.05) is 38.1 Å². The molecule has 0 bridgehead atoms. The van der Waals surface area contributed by atoms with Gasteiger partial charge in [-0.2, -0.15) is 0 Å². The average Bonchev–Trinajstić information content (AvgIpc) is 2.48. The highest BCUT2D eigenvalue weighted by molar-refractivity contribution is 6.00. The van der Waals surface area contributed by atoms with Crippen LogP contribution in [0.1, 0.15) is 53.8 Å². The molecule has 1 heterocycles. The lowest BCUT2D eigenvalue weighted by Gasteiger charge is -2.25. The second-order valence-electron chi connectivity index (χ2n) is 5.70. The maximum atomic E-state index is 13.2. The van der Waals surface area contributed by atoms with Crippen LogP contribution in [0.25, 0.3) is 0 Å². The van der Waals surface area contributed by atoms with Gasteiger partial charge in [-0.15, -0.1) is 0 Å². The molecule has 1 aliphatic heterocycles. The molecule has 2 aromatic carbocycles. The minimum absolute atomic E-state index is 0.0753. The number of hydrogen-bond donors (Lipinski definition) is 0. The summed E-state index contributed by atoms with van der Waals surface area (Å²) < 4.78 is 19.1. The molecule has 0 saturated carbocycles. The van der Waals surface area contributed by atoms with Crippen LogP contribution in [0.3, 0.4) is 0 Å². The van der Waals surface area contributed by atoms with Crippen LogP contribution in [0.5, 0.6) is 5.75 Å². The van der Waals surface area contributed by atoms with Crippen LogP contribution in [0.15, 0.2) is 42.5 Å². The topological polar surface area (TPSA) is 26.3 Å². The number of rotatable bonds is 2. The number of ketones is 1. The smallest absolute Gasteiger partial charge is 0.170 e. The summed E-state index contributed by atoms with van der Waals surface area (Å²) in [4.78, 5) is 12.1. The van der Waals surface area contributed by atoms with Crippen LogP contribution in [0.2, 0.25) is 0 Å². The largest absolute Gasteiger partial charge is 0.484 e. The van der Waals surface area contributed by atoms with Crippen LogP contribution in [-0.2, 0) is 0 Å². The number of halogens is 1. The molecule has 0 N–H and O–H groups in total. The van der Waals surface area contributed by atoms with Crippen molar-refractivity contribution in [1.29, 1.82) is 0 Å². The van der Waals surface area contributed by atoms with Crippen molar-refractivity contribution in [2.24, 2.45) is 0 Å². The minimum atomic E-state index is -0.412. The summed E-state index contributed by atoms with van der Waals surface area (Å²) in [5, 5.41) is 0. The zero-order valence-electron chi connectivity index (χ0n) is 12.1. The van der Waals surface area contributed by atoms with E-state index in [1.54, 1.807) is 0 Å². The first-order valence-corrected chi connectivity index (χ1v) is 7.14. The van der Waals surface area contributed by atoms with Crippen molar-refractivity contribution < 1.29 is 13.9 Å². The summed E-state index contributed by atoms with van der Waals surface area (Å²) in [6, 6.07) is 12.2. The molecule has 2 aromatic rings. The summed E-state index contributed by atoms with van der Waals surface area (Å²) in [6.07, 6.45) is -0.0472. The fraction of sp³-hybridized carbons (Fsp3) is 0.278. The van der Waals surface area contributed by atoms with E-state index >= 15 is 0 Å². The third-order valence-electron chi connectivity index (χ3n) is 3.86. The summed E-state index contributed by atoms with van der Waals surface area (Å²) in [5.41, 5.74) is 2.57. The molecule has 0 saturated heterocycles. The highest BCUT2D eigenvalue weighted by Gasteiger charge is 2.27. The highest BCUT2D eigenvalue weighted by atomic mass is 19.1. The van der Waals surface area contributed by atoms with Crippen molar-refractivity contribution in [3.63, 3.8) is 0 Å². The Morgan fingerprint density at radius 1 is 1.14 bits per heavy atom. The second kappa shape index (κ2) is 5.32. The Kier molecular flexibility index (Phi) is 3.50. The van der Waals surface area contributed by atoms with E-state index in [0.717, 1.165) is 5.56 Å². The average molecular weight is 284 g/mol. The van der Waals surface area contributed by atoms with Gasteiger partial charge in [0.2, 0.25) is 0 Å². The molecule has 0 aromatic heterocycles. The molecule has 0 fully saturated rings. The highest BCUT2D eigenvalue weighted by Crippen LogP contribution is 2.35. The third kappa shape index (κ3) is 2.68. The fourth-order valence-electron chi connectivity index (χ4n) is 2.58. The van der Waals surface area contributed by atoms with Crippen LogP contribution >= 0.6 is 0 Å². The van der Waals surface area contributed by atoms with E-state index in [4.69, 9.17) is 4.74 Å². The van der Waals surface area contributed by atoms with Gasteiger partial charge in [-0.25, -0.2) is 4.39 Å². The molecule has 0 radical (unpaired) electrons. The molecular formula is C18H17FO2. The Hall–Kier alpha value is -2.16. The Balaban J connectivity index is 1.88. The van der Waals surface area contributed by atoms with E-state index in [0.29, 0.717) is 17.2 Å². The van der Waals surface area contributed by atoms with Gasteiger partial charge in [0.1, 0.15) is 17.7 Å². The number of Topliss-reactive ketones (excluding diaryl/α,β-unsaturated/α-hetero) is 1. The van der Waals surface area contributed by atoms with E-state index in [9.17, 15) is 9.18 Å². The molecule has 0 spiro atoms. The summed E-state index contributed by atoms with van der Waals surface area (Å²) in [7, 11) is 0. The van der Waals surface area contributed by atoms with Crippen LogP contribution in [0, 0.1) is 5.82 Å². The van der Waals surface area contributed by atoms with Gasteiger partial charge in [-0.05, 0) is 35.2 Å². The molecule has 2 nitrogen and oxygen atoms in total. The van der Waals surface area contributed by atoms with Gasteiger partial charge in [0.15, 0.2) is 5.78 Å². The zero-order chi connectivity index (χ0) is 15.0. The lowest BCUT2D eigenvalue weighted by molar-refractivity contribution is 0.0849. The molecule has 3 rings (SSSR count). The Morgan fingerprint density at radius 3 is 2.52 bits per heavy atom. The molecule has 1 atom stereocenters. The number of fused-ring (bicyclic) bond motifs is 1. The molecular weight excluding hydrogens is 267 g/mol. The van der Waals surface area contributed by atoms with Gasteiger partial charge >= 0.3 is 0 Å². The normalized spacial score (nSPS) is 17.5. The SMILES string of the molecule is CC(C)c1ccc(C2CC(=O)c3cc(F)ccc3O2)cc1. The summed E-state index contributed by atoms with van der Waals surface area (Å²) in [6.45, 7) is 4.28. The Morgan fingerprint density at radius 2 is 1.86 bits per heavy atom. The van der Waals surface area contributed by atoms with Crippen molar-refractivity contribution in [3.05, 3.63) is 65.0 Å². The maximum absolute atomic E-state index is 13.2. The molecule has 0 aliphatic carbocycles. The van der Waals surface area contributed by atoms with Crippen molar-refractivity contribution in [3.8, 4) is 5.75 Å². The predicted octanol–water partition coefficient (Wildman–Crippen LogP) is 4.66. The monoisotopic (exact) mass is 284 g/mol. The van der Waals surface area contributed by atoms with Gasteiger partial charge < -0.3 is 4.74 Å². The first-order valence-electron chi connectivity index (χ1n) is 7.14. The quantitative estimate of drug-likeness (QED) is 0.802. The van der Waals surface area contributed by atoms with Crippen molar-refractivity contribution in [2.45, 2.75) is 32.3 Å². The van der Waals surface area contributed by atoms with E-state index in [1.807, 2.05) is 12.1 Å². The van der Waals surface area contributed by atoms with Crippen molar-refractivity contribution in [1.82, 2.24) is 0 Å². The van der Waals surface area contributed by atoms with Gasteiger partial charge in [0.05, 0.1) is 12.0 Å². The first-order chi connectivity index (χ1) is 10.0. The molecule has 21 heavy (non-hydrogen) atoms. The van der Waals surface area contributed by atoms with Gasteiger partial charge in [-0.3, -0.25) is 4.79 Å². The molecule has 1 aliphatic rings. The van der Waals surface area contributed by atoms with Crippen LogP contribution in [0.4, 0.5) is 4.39 Å². The number of benzene rings is 2. The predicted molar refractivity (Wildman–Crippen MR) is 79.2 cm³/mol. The lowest BCUT2D eigenvalue weighted by atomic mass is 9.94. The number of ether oxygens (including phenoxy) is 1. The lowest BCUT2D eigenvalue weighted by Crippen LogP contribution is -2.20. The van der Waals surface area contributed by atoms with Crippen LogP contribution < -0.4 is 4.74 Å². The molecule has 0 amide bonds. The summed E-state index contributed by atoms with van der Waals surface area (Å²) >= 11 is 0. The molecule has 1 unspecified atom stereocenters.